The number of fused-ring (bicyclic) bond motifs is 1. The molecule has 2 heterocycles. The van der Waals surface area contributed by atoms with Crippen LogP contribution in [-0.2, 0) is 40.5 Å². The maximum Gasteiger partial charge on any atom is 0.416 e. The molecule has 8 nitrogen and oxygen atoms in total. The molecule has 1 N–H and O–H groups in total. The van der Waals surface area contributed by atoms with Crippen LogP contribution in [0, 0.1) is 17.2 Å². The van der Waals surface area contributed by atoms with Crippen molar-refractivity contribution in [1.29, 1.82) is 5.26 Å². The van der Waals surface area contributed by atoms with E-state index < -0.39 is 39.6 Å². The fourth-order valence-electron chi connectivity index (χ4n) is 4.91. The molecule has 1 fully saturated rings. The van der Waals surface area contributed by atoms with Crippen molar-refractivity contribution in [2.75, 3.05) is 13.1 Å². The van der Waals surface area contributed by atoms with E-state index in [4.69, 9.17) is 5.26 Å². The zero-order chi connectivity index (χ0) is 29.4. The first kappa shape index (κ1) is 28.3. The van der Waals surface area contributed by atoms with Crippen molar-refractivity contribution < 1.29 is 31.2 Å². The van der Waals surface area contributed by atoms with Gasteiger partial charge in [-0.25, -0.2) is 8.42 Å². The maximum absolute atomic E-state index is 13.7. The summed E-state index contributed by atoms with van der Waals surface area (Å²) in [7, 11) is -3.90. The summed E-state index contributed by atoms with van der Waals surface area (Å²) < 4.78 is 65.9. The van der Waals surface area contributed by atoms with E-state index in [2.05, 4.69) is 5.32 Å². The summed E-state index contributed by atoms with van der Waals surface area (Å²) in [5, 5.41) is 11.7. The van der Waals surface area contributed by atoms with E-state index in [-0.39, 0.29) is 49.0 Å². The van der Waals surface area contributed by atoms with E-state index in [1.807, 2.05) is 30.3 Å². The van der Waals surface area contributed by atoms with Gasteiger partial charge in [0.1, 0.15) is 6.04 Å². The molecule has 0 aromatic heterocycles. The fraction of sp³-hybridized carbons (Fsp3) is 0.276. The van der Waals surface area contributed by atoms with Gasteiger partial charge in [0.2, 0.25) is 15.9 Å². The largest absolute Gasteiger partial charge is 0.416 e. The van der Waals surface area contributed by atoms with Gasteiger partial charge >= 0.3 is 6.18 Å². The Morgan fingerprint density at radius 2 is 1.66 bits per heavy atom. The smallest absolute Gasteiger partial charge is 0.350 e. The molecule has 2 aliphatic heterocycles. The zero-order valence-corrected chi connectivity index (χ0v) is 22.5. The third-order valence-corrected chi connectivity index (χ3v) is 9.14. The number of alkyl halides is 3. The second-order valence-electron chi connectivity index (χ2n) is 10.0. The molecule has 212 valence electrons. The topological polar surface area (TPSA) is 111 Å². The molecule has 41 heavy (non-hydrogen) atoms. The lowest BCUT2D eigenvalue weighted by molar-refractivity contribution is -0.137. The summed E-state index contributed by atoms with van der Waals surface area (Å²) >= 11 is 0. The van der Waals surface area contributed by atoms with Crippen molar-refractivity contribution in [3.8, 4) is 6.07 Å². The van der Waals surface area contributed by atoms with Crippen LogP contribution in [0.4, 0.5) is 13.2 Å². The highest BCUT2D eigenvalue weighted by Crippen LogP contribution is 2.30. The fourth-order valence-corrected chi connectivity index (χ4v) is 6.49. The lowest BCUT2D eigenvalue weighted by Crippen LogP contribution is -2.52. The van der Waals surface area contributed by atoms with Crippen molar-refractivity contribution in [3.05, 3.63) is 101 Å². The van der Waals surface area contributed by atoms with E-state index in [0.29, 0.717) is 5.56 Å². The SMILES string of the molecule is N#CC1CN(S(=O)(=O)c2cccc(C(=O)N3Cc4ccccc4C[C@H]3C(=O)NCc3ccc(C(F)(F)F)cc3)c2)C1. The van der Waals surface area contributed by atoms with Crippen molar-refractivity contribution in [1.82, 2.24) is 14.5 Å². The number of hydrogen-bond acceptors (Lipinski definition) is 5. The summed E-state index contributed by atoms with van der Waals surface area (Å²) in [6.45, 7) is 0.243. The molecular formula is C29H25F3N4O4S. The first-order chi connectivity index (χ1) is 19.5. The van der Waals surface area contributed by atoms with Crippen LogP contribution in [0.3, 0.4) is 0 Å². The van der Waals surface area contributed by atoms with Gasteiger partial charge in [-0.15, -0.1) is 0 Å². The van der Waals surface area contributed by atoms with Crippen LogP contribution in [0.25, 0.3) is 0 Å². The van der Waals surface area contributed by atoms with Crippen LogP contribution in [-0.4, -0.2) is 48.6 Å². The number of halogens is 3. The number of amides is 2. The molecule has 12 heteroatoms. The standard InChI is InChI=1S/C29H25F3N4O4S/c30-29(31,32)24-10-8-19(9-11-24)15-34-27(37)26-13-21-4-1-2-5-23(21)18-36(26)28(38)22-6-3-7-25(12-22)41(39,40)35-16-20(14-33)17-35/h1-12,20,26H,13,15-18H2,(H,34,37)/t26-/m0/s1. The van der Waals surface area contributed by atoms with Gasteiger partial charge in [-0.3, -0.25) is 9.59 Å². The highest BCUT2D eigenvalue weighted by molar-refractivity contribution is 7.89. The number of hydrogen-bond donors (Lipinski definition) is 1. The average molecular weight is 583 g/mol. The Morgan fingerprint density at radius 1 is 0.976 bits per heavy atom. The Hall–Kier alpha value is -4.21. The number of nitrogens with one attached hydrogen (secondary N) is 1. The van der Waals surface area contributed by atoms with E-state index in [9.17, 15) is 31.2 Å². The molecule has 0 unspecified atom stereocenters. The summed E-state index contributed by atoms with van der Waals surface area (Å²) in [4.78, 5) is 28.4. The highest BCUT2D eigenvalue weighted by atomic mass is 32.2. The number of rotatable bonds is 6. The monoisotopic (exact) mass is 582 g/mol. The molecule has 0 bridgehead atoms. The highest BCUT2D eigenvalue weighted by Gasteiger charge is 2.38. The number of nitriles is 1. The van der Waals surface area contributed by atoms with E-state index in [1.54, 1.807) is 0 Å². The van der Waals surface area contributed by atoms with Crippen molar-refractivity contribution in [2.45, 2.75) is 36.6 Å². The summed E-state index contributed by atoms with van der Waals surface area (Å²) in [5.74, 6) is -1.39. The van der Waals surface area contributed by atoms with Crippen LogP contribution < -0.4 is 5.32 Å². The second kappa shape index (κ2) is 11.0. The van der Waals surface area contributed by atoms with Crippen molar-refractivity contribution >= 4 is 21.8 Å². The average Bonchev–Trinajstić information content (AvgIpc) is 2.94. The summed E-state index contributed by atoms with van der Waals surface area (Å²) in [5.41, 5.74) is 1.48. The molecule has 0 saturated carbocycles. The summed E-state index contributed by atoms with van der Waals surface area (Å²) in [6.07, 6.45) is -4.26. The Kier molecular flexibility index (Phi) is 7.59. The van der Waals surface area contributed by atoms with E-state index in [0.717, 1.165) is 23.3 Å². The quantitative estimate of drug-likeness (QED) is 0.476. The molecule has 1 saturated heterocycles. The molecule has 2 amide bonds. The Bertz CT molecular complexity index is 1630. The van der Waals surface area contributed by atoms with Crippen LogP contribution in [0.15, 0.2) is 77.7 Å². The molecular weight excluding hydrogens is 557 g/mol. The lowest BCUT2D eigenvalue weighted by Gasteiger charge is -2.36. The zero-order valence-electron chi connectivity index (χ0n) is 21.6. The van der Waals surface area contributed by atoms with Gasteiger partial charge in [-0.2, -0.15) is 22.7 Å². The molecule has 0 aliphatic carbocycles. The Labute approximate surface area is 235 Å². The van der Waals surface area contributed by atoms with Gasteiger partial charge in [0.05, 0.1) is 22.4 Å². The van der Waals surface area contributed by atoms with Gasteiger partial charge in [0, 0.05) is 38.2 Å². The molecule has 3 aromatic rings. The first-order valence-corrected chi connectivity index (χ1v) is 14.2. The number of carbonyl (C=O) groups excluding carboxylic acids is 2. The van der Waals surface area contributed by atoms with Crippen LogP contribution in [0.1, 0.15) is 32.6 Å². The number of sulfonamides is 1. The van der Waals surface area contributed by atoms with E-state index in [1.165, 1.54) is 45.6 Å². The molecule has 3 aromatic carbocycles. The minimum absolute atomic E-state index is 0.0373. The molecule has 1 atom stereocenters. The van der Waals surface area contributed by atoms with Crippen LogP contribution in [0.2, 0.25) is 0 Å². The predicted molar refractivity (Wildman–Crippen MR) is 141 cm³/mol. The maximum atomic E-state index is 13.7. The number of benzene rings is 3. The Morgan fingerprint density at radius 3 is 2.32 bits per heavy atom. The van der Waals surface area contributed by atoms with Gasteiger partial charge in [-0.05, 0) is 47.0 Å². The number of nitrogens with zero attached hydrogens (tertiary/aromatic N) is 3. The predicted octanol–water partition coefficient (Wildman–Crippen LogP) is 3.73. The van der Waals surface area contributed by atoms with Gasteiger partial charge in [0.15, 0.2) is 0 Å². The second-order valence-corrected chi connectivity index (χ2v) is 11.9. The van der Waals surface area contributed by atoms with Gasteiger partial charge in [0.25, 0.3) is 5.91 Å². The normalized spacial score (nSPS) is 17.7. The minimum Gasteiger partial charge on any atom is -0.350 e. The van der Waals surface area contributed by atoms with Crippen molar-refractivity contribution in [2.24, 2.45) is 5.92 Å². The molecule has 0 radical (unpaired) electrons. The minimum atomic E-state index is -4.47. The molecule has 5 rings (SSSR count). The van der Waals surface area contributed by atoms with E-state index >= 15 is 0 Å². The van der Waals surface area contributed by atoms with Gasteiger partial charge < -0.3 is 10.2 Å². The van der Waals surface area contributed by atoms with Gasteiger partial charge in [-0.1, -0.05) is 42.5 Å². The first-order valence-electron chi connectivity index (χ1n) is 12.8. The lowest BCUT2D eigenvalue weighted by atomic mass is 9.92. The molecule has 0 spiro atoms. The third kappa shape index (κ3) is 5.82. The third-order valence-electron chi connectivity index (χ3n) is 7.31. The Balaban J connectivity index is 1.37. The summed E-state index contributed by atoms with van der Waals surface area (Å²) in [6, 6.07) is 18.5. The van der Waals surface area contributed by atoms with Crippen LogP contribution >= 0.6 is 0 Å². The van der Waals surface area contributed by atoms with Crippen LogP contribution in [0.5, 0.6) is 0 Å². The van der Waals surface area contributed by atoms with Crippen molar-refractivity contribution in [3.63, 3.8) is 0 Å². The number of carbonyl (C=O) groups is 2. The molecule has 2 aliphatic rings.